The van der Waals surface area contributed by atoms with Gasteiger partial charge < -0.3 is 5.32 Å². The van der Waals surface area contributed by atoms with E-state index in [1.54, 1.807) is 37.3 Å². The zero-order chi connectivity index (χ0) is 18.2. The fraction of sp³-hybridized carbons (Fsp3) is 0.167. The van der Waals surface area contributed by atoms with E-state index < -0.39 is 11.7 Å². The molecule has 0 saturated carbocycles. The van der Waals surface area contributed by atoms with Crippen LogP contribution in [0.25, 0.3) is 0 Å². The van der Waals surface area contributed by atoms with Crippen LogP contribution < -0.4 is 10.7 Å². The molecule has 2 aromatic rings. The highest BCUT2D eigenvalue weighted by Crippen LogP contribution is 2.23. The molecule has 0 atom stereocenters. The van der Waals surface area contributed by atoms with Crippen molar-refractivity contribution < 1.29 is 14.0 Å². The van der Waals surface area contributed by atoms with Crippen molar-refractivity contribution in [2.24, 2.45) is 5.10 Å². The molecule has 0 radical (unpaired) electrons. The van der Waals surface area contributed by atoms with Gasteiger partial charge in [-0.2, -0.15) is 5.10 Å². The van der Waals surface area contributed by atoms with Crippen molar-refractivity contribution in [2.75, 3.05) is 5.32 Å². The molecular formula is C18H17ClFN3O2. The van der Waals surface area contributed by atoms with Gasteiger partial charge in [-0.3, -0.25) is 9.59 Å². The van der Waals surface area contributed by atoms with Gasteiger partial charge in [-0.15, -0.1) is 0 Å². The normalized spacial score (nSPS) is 10.7. The van der Waals surface area contributed by atoms with Crippen molar-refractivity contribution in [1.82, 2.24) is 5.43 Å². The Labute approximate surface area is 149 Å². The minimum Gasteiger partial charge on any atom is -0.326 e. The molecule has 0 aliphatic rings. The smallest absolute Gasteiger partial charge is 0.240 e. The van der Waals surface area contributed by atoms with Crippen LogP contribution in [-0.4, -0.2) is 18.0 Å². The van der Waals surface area contributed by atoms with Crippen LogP contribution in [0.1, 0.15) is 24.0 Å². The first-order chi connectivity index (χ1) is 12.0. The van der Waals surface area contributed by atoms with Crippen LogP contribution in [0.5, 0.6) is 0 Å². The fourth-order valence-corrected chi connectivity index (χ4v) is 2.17. The van der Waals surface area contributed by atoms with Crippen LogP contribution in [0.4, 0.5) is 10.1 Å². The van der Waals surface area contributed by atoms with Crippen molar-refractivity contribution in [3.8, 4) is 0 Å². The van der Waals surface area contributed by atoms with Crippen LogP contribution in [0, 0.1) is 12.7 Å². The zero-order valence-corrected chi connectivity index (χ0v) is 14.3. The van der Waals surface area contributed by atoms with Crippen LogP contribution in [0.15, 0.2) is 47.6 Å². The van der Waals surface area contributed by atoms with Gasteiger partial charge in [-0.1, -0.05) is 35.9 Å². The summed E-state index contributed by atoms with van der Waals surface area (Å²) in [5.41, 5.74) is 3.89. The highest BCUT2D eigenvalue weighted by molar-refractivity contribution is 6.31. The number of hydrogen-bond donors (Lipinski definition) is 2. The number of anilines is 1. The molecule has 0 aliphatic carbocycles. The van der Waals surface area contributed by atoms with Gasteiger partial charge in [-0.25, -0.2) is 9.82 Å². The molecule has 0 aliphatic heterocycles. The number of hydrazone groups is 1. The standard InChI is InChI=1S/C18H17ClFN3O2/c1-12-14(19)6-4-8-16(12)22-17(24)9-10-18(25)23-21-11-13-5-2-3-7-15(13)20/h2-8,11H,9-10H2,1H3,(H,22,24)(H,23,25)/b21-11-. The quantitative estimate of drug-likeness (QED) is 0.609. The summed E-state index contributed by atoms with van der Waals surface area (Å²) < 4.78 is 13.4. The van der Waals surface area contributed by atoms with Gasteiger partial charge in [0.15, 0.2) is 0 Å². The first-order valence-corrected chi connectivity index (χ1v) is 7.96. The van der Waals surface area contributed by atoms with Gasteiger partial charge in [-0.05, 0) is 30.7 Å². The van der Waals surface area contributed by atoms with Gasteiger partial charge >= 0.3 is 0 Å². The molecule has 25 heavy (non-hydrogen) atoms. The lowest BCUT2D eigenvalue weighted by Gasteiger charge is -2.09. The van der Waals surface area contributed by atoms with Crippen LogP contribution in [-0.2, 0) is 9.59 Å². The fourth-order valence-electron chi connectivity index (χ4n) is 1.99. The number of carbonyl (C=O) groups is 2. The maximum absolute atomic E-state index is 13.4. The summed E-state index contributed by atoms with van der Waals surface area (Å²) in [7, 11) is 0. The Bertz CT molecular complexity index is 809. The Morgan fingerprint density at radius 2 is 1.84 bits per heavy atom. The van der Waals surface area contributed by atoms with E-state index in [0.29, 0.717) is 10.7 Å². The molecule has 0 unspecified atom stereocenters. The van der Waals surface area contributed by atoms with Crippen molar-refractivity contribution in [3.05, 3.63) is 64.4 Å². The van der Waals surface area contributed by atoms with E-state index in [0.717, 1.165) is 5.56 Å². The number of carbonyl (C=O) groups excluding carboxylic acids is 2. The largest absolute Gasteiger partial charge is 0.326 e. The Kier molecular flexibility index (Phi) is 6.65. The number of benzene rings is 2. The van der Waals surface area contributed by atoms with Gasteiger partial charge in [0.25, 0.3) is 0 Å². The Morgan fingerprint density at radius 1 is 1.12 bits per heavy atom. The lowest BCUT2D eigenvalue weighted by Crippen LogP contribution is -2.21. The molecule has 7 heteroatoms. The van der Waals surface area contributed by atoms with Gasteiger partial charge in [0.2, 0.25) is 11.8 Å². The van der Waals surface area contributed by atoms with E-state index in [9.17, 15) is 14.0 Å². The van der Waals surface area contributed by atoms with Crippen molar-refractivity contribution in [1.29, 1.82) is 0 Å². The predicted molar refractivity (Wildman–Crippen MR) is 96.2 cm³/mol. The highest BCUT2D eigenvalue weighted by atomic mass is 35.5. The highest BCUT2D eigenvalue weighted by Gasteiger charge is 2.09. The second kappa shape index (κ2) is 8.94. The molecule has 0 heterocycles. The topological polar surface area (TPSA) is 70.6 Å². The predicted octanol–water partition coefficient (Wildman–Crippen LogP) is 3.66. The van der Waals surface area contributed by atoms with E-state index in [-0.39, 0.29) is 24.3 Å². The number of halogens is 2. The van der Waals surface area contributed by atoms with E-state index in [1.165, 1.54) is 18.3 Å². The van der Waals surface area contributed by atoms with Crippen LogP contribution in [0.2, 0.25) is 5.02 Å². The number of nitrogens with zero attached hydrogens (tertiary/aromatic N) is 1. The summed E-state index contributed by atoms with van der Waals surface area (Å²) in [4.78, 5) is 23.6. The van der Waals surface area contributed by atoms with Gasteiger partial charge in [0.1, 0.15) is 5.82 Å². The molecule has 5 nitrogen and oxygen atoms in total. The maximum Gasteiger partial charge on any atom is 0.240 e. The van der Waals surface area contributed by atoms with Crippen molar-refractivity contribution in [3.63, 3.8) is 0 Å². The van der Waals surface area contributed by atoms with Crippen LogP contribution >= 0.6 is 11.6 Å². The third kappa shape index (κ3) is 5.69. The monoisotopic (exact) mass is 361 g/mol. The number of hydrogen-bond acceptors (Lipinski definition) is 3. The minimum absolute atomic E-state index is 0.00694. The first kappa shape index (κ1) is 18.6. The lowest BCUT2D eigenvalue weighted by atomic mass is 10.2. The SMILES string of the molecule is Cc1c(Cl)cccc1NC(=O)CCC(=O)N/N=C\c1ccccc1F. The second-order valence-electron chi connectivity index (χ2n) is 5.28. The third-order valence-electron chi connectivity index (χ3n) is 3.42. The maximum atomic E-state index is 13.4. The van der Waals surface area contributed by atoms with E-state index >= 15 is 0 Å². The molecule has 0 saturated heterocycles. The molecule has 2 amide bonds. The molecule has 0 bridgehead atoms. The molecule has 0 aromatic heterocycles. The average molecular weight is 362 g/mol. The summed E-state index contributed by atoms with van der Waals surface area (Å²) in [5, 5.41) is 6.93. The molecular weight excluding hydrogens is 345 g/mol. The van der Waals surface area contributed by atoms with Gasteiger partial charge in [0.05, 0.1) is 6.21 Å². The van der Waals surface area contributed by atoms with E-state index in [4.69, 9.17) is 11.6 Å². The average Bonchev–Trinajstić information content (AvgIpc) is 2.59. The molecule has 130 valence electrons. The van der Waals surface area contributed by atoms with E-state index in [1.807, 2.05) is 0 Å². The molecule has 2 N–H and O–H groups in total. The summed E-state index contributed by atoms with van der Waals surface area (Å²) in [6.45, 7) is 1.79. The molecule has 2 rings (SSSR count). The zero-order valence-electron chi connectivity index (χ0n) is 13.6. The van der Waals surface area contributed by atoms with Crippen molar-refractivity contribution >= 4 is 35.3 Å². The number of amides is 2. The Morgan fingerprint density at radius 3 is 2.60 bits per heavy atom. The first-order valence-electron chi connectivity index (χ1n) is 7.59. The number of nitrogens with one attached hydrogen (secondary N) is 2. The molecule has 2 aromatic carbocycles. The number of rotatable bonds is 6. The summed E-state index contributed by atoms with van der Waals surface area (Å²) in [6, 6.07) is 11.2. The van der Waals surface area contributed by atoms with Gasteiger partial charge in [0, 0.05) is 29.1 Å². The second-order valence-corrected chi connectivity index (χ2v) is 5.68. The summed E-state index contributed by atoms with van der Waals surface area (Å²) >= 11 is 5.99. The summed E-state index contributed by atoms with van der Waals surface area (Å²) in [6.07, 6.45) is 1.16. The Hall–Kier alpha value is -2.73. The molecule has 0 spiro atoms. The van der Waals surface area contributed by atoms with Crippen molar-refractivity contribution in [2.45, 2.75) is 19.8 Å². The van der Waals surface area contributed by atoms with Crippen LogP contribution in [0.3, 0.4) is 0 Å². The lowest BCUT2D eigenvalue weighted by molar-refractivity contribution is -0.124. The molecule has 0 fully saturated rings. The Balaban J connectivity index is 1.79. The third-order valence-corrected chi connectivity index (χ3v) is 3.83. The minimum atomic E-state index is -0.439. The van der Waals surface area contributed by atoms with E-state index in [2.05, 4.69) is 15.8 Å². The summed E-state index contributed by atoms with van der Waals surface area (Å²) in [5.74, 6) is -1.18.